The second kappa shape index (κ2) is 9.12. The Labute approximate surface area is 157 Å². The summed E-state index contributed by atoms with van der Waals surface area (Å²) < 4.78 is 1.17. The van der Waals surface area contributed by atoms with Crippen LogP contribution in [0.25, 0.3) is 0 Å². The van der Waals surface area contributed by atoms with E-state index >= 15 is 0 Å². The molecule has 1 aliphatic rings. The Bertz CT molecular complexity index is 842. The minimum atomic E-state index is -0.401. The van der Waals surface area contributed by atoms with Crippen LogP contribution in [-0.2, 0) is 11.3 Å². The molecule has 1 aliphatic carbocycles. The molecule has 7 nitrogen and oxygen atoms in total. The summed E-state index contributed by atoms with van der Waals surface area (Å²) in [7, 11) is 0. The third kappa shape index (κ3) is 5.51. The Morgan fingerprint density at radius 1 is 1.04 bits per heavy atom. The largest absolute Gasteiger partial charge is 0.353 e. The summed E-state index contributed by atoms with van der Waals surface area (Å²) in [5.41, 5.74) is 0.441. The number of carbonyl (C=O) groups is 2. The standard InChI is InChI=1S/C20H24N4O3/c25-18(21-15-7-3-1-4-8-15)13-14-24-19(26)12-11-17(23-24)20(27)22-16-9-5-2-6-10-16/h2,5-6,9-12,15H,1,3-4,7-8,13-14H2,(H,21,25)(H,22,27). The number of para-hydroxylation sites is 1. The number of aromatic nitrogens is 2. The molecule has 7 heteroatoms. The minimum Gasteiger partial charge on any atom is -0.353 e. The molecule has 2 aromatic rings. The molecule has 1 fully saturated rings. The number of hydrogen-bond donors (Lipinski definition) is 2. The summed E-state index contributed by atoms with van der Waals surface area (Å²) in [6.45, 7) is 0.143. The SMILES string of the molecule is O=C(CCn1nc(C(=O)Nc2ccccc2)ccc1=O)NC1CCCCC1. The van der Waals surface area contributed by atoms with E-state index in [1.165, 1.54) is 23.2 Å². The van der Waals surface area contributed by atoms with Crippen LogP contribution in [0, 0.1) is 0 Å². The zero-order chi connectivity index (χ0) is 19.1. The third-order valence-electron chi connectivity index (χ3n) is 4.65. The average molecular weight is 368 g/mol. The number of nitrogens with one attached hydrogen (secondary N) is 2. The Balaban J connectivity index is 1.58. The summed E-state index contributed by atoms with van der Waals surface area (Å²) in [5, 5.41) is 9.84. The molecule has 2 amide bonds. The van der Waals surface area contributed by atoms with E-state index in [0.29, 0.717) is 5.69 Å². The molecule has 1 saturated carbocycles. The van der Waals surface area contributed by atoms with E-state index in [1.54, 1.807) is 12.1 Å². The molecule has 0 radical (unpaired) electrons. The number of nitrogens with zero attached hydrogens (tertiary/aromatic N) is 2. The van der Waals surface area contributed by atoms with Gasteiger partial charge in [-0.15, -0.1) is 0 Å². The smallest absolute Gasteiger partial charge is 0.276 e. The van der Waals surface area contributed by atoms with E-state index in [2.05, 4.69) is 15.7 Å². The number of carbonyl (C=O) groups excluding carboxylic acids is 2. The summed E-state index contributed by atoms with van der Waals surface area (Å²) in [6, 6.07) is 11.9. The van der Waals surface area contributed by atoms with Crippen molar-refractivity contribution in [3.05, 3.63) is 58.5 Å². The maximum atomic E-state index is 12.3. The summed E-state index contributed by atoms with van der Waals surface area (Å²) in [6.07, 6.45) is 5.70. The van der Waals surface area contributed by atoms with Crippen molar-refractivity contribution in [2.45, 2.75) is 51.1 Å². The van der Waals surface area contributed by atoms with Crippen molar-refractivity contribution in [3.8, 4) is 0 Å². The highest BCUT2D eigenvalue weighted by Crippen LogP contribution is 2.17. The van der Waals surface area contributed by atoms with Gasteiger partial charge in [0.15, 0.2) is 0 Å². The molecule has 1 aromatic carbocycles. The van der Waals surface area contributed by atoms with Crippen LogP contribution in [0.4, 0.5) is 5.69 Å². The van der Waals surface area contributed by atoms with Crippen LogP contribution >= 0.6 is 0 Å². The van der Waals surface area contributed by atoms with Crippen LogP contribution in [0.5, 0.6) is 0 Å². The van der Waals surface area contributed by atoms with E-state index in [1.807, 2.05) is 18.2 Å². The monoisotopic (exact) mass is 368 g/mol. The van der Waals surface area contributed by atoms with Gasteiger partial charge < -0.3 is 10.6 Å². The predicted molar refractivity (Wildman–Crippen MR) is 103 cm³/mol. The van der Waals surface area contributed by atoms with Crippen molar-refractivity contribution in [1.82, 2.24) is 15.1 Å². The quantitative estimate of drug-likeness (QED) is 0.818. The maximum Gasteiger partial charge on any atom is 0.276 e. The van der Waals surface area contributed by atoms with Crippen LogP contribution < -0.4 is 16.2 Å². The normalized spacial score (nSPS) is 14.5. The molecule has 3 rings (SSSR count). The first kappa shape index (κ1) is 18.8. The van der Waals surface area contributed by atoms with Crippen molar-refractivity contribution < 1.29 is 9.59 Å². The lowest BCUT2D eigenvalue weighted by molar-refractivity contribution is -0.122. The second-order valence-corrected chi connectivity index (χ2v) is 6.75. The van der Waals surface area contributed by atoms with Gasteiger partial charge >= 0.3 is 0 Å². The van der Waals surface area contributed by atoms with Crippen molar-refractivity contribution in [3.63, 3.8) is 0 Å². The zero-order valence-corrected chi connectivity index (χ0v) is 15.2. The summed E-state index contributed by atoms with van der Waals surface area (Å²) in [5.74, 6) is -0.489. The molecule has 27 heavy (non-hydrogen) atoms. The van der Waals surface area contributed by atoms with E-state index < -0.39 is 5.91 Å². The molecule has 2 N–H and O–H groups in total. The van der Waals surface area contributed by atoms with Gasteiger partial charge in [-0.25, -0.2) is 4.68 Å². The molecule has 0 spiro atoms. The zero-order valence-electron chi connectivity index (χ0n) is 15.2. The van der Waals surface area contributed by atoms with Gasteiger partial charge in [-0.05, 0) is 31.0 Å². The second-order valence-electron chi connectivity index (χ2n) is 6.75. The van der Waals surface area contributed by atoms with Gasteiger partial charge in [0, 0.05) is 24.2 Å². The topological polar surface area (TPSA) is 93.1 Å². The fraction of sp³-hybridized carbons (Fsp3) is 0.400. The Morgan fingerprint density at radius 3 is 2.52 bits per heavy atom. The van der Waals surface area contributed by atoms with Gasteiger partial charge in [0.2, 0.25) is 5.91 Å². The van der Waals surface area contributed by atoms with Gasteiger partial charge in [0.1, 0.15) is 5.69 Å². The highest BCUT2D eigenvalue weighted by molar-refractivity contribution is 6.02. The van der Waals surface area contributed by atoms with E-state index in [9.17, 15) is 14.4 Å². The molecule has 1 heterocycles. The molecule has 1 aromatic heterocycles. The fourth-order valence-corrected chi connectivity index (χ4v) is 3.20. The van der Waals surface area contributed by atoms with Crippen LogP contribution in [0.2, 0.25) is 0 Å². The number of benzene rings is 1. The molecule has 142 valence electrons. The summed E-state index contributed by atoms with van der Waals surface area (Å²) in [4.78, 5) is 36.4. The lowest BCUT2D eigenvalue weighted by Gasteiger charge is -2.22. The van der Waals surface area contributed by atoms with Gasteiger partial charge in [-0.1, -0.05) is 37.5 Å². The third-order valence-corrected chi connectivity index (χ3v) is 4.65. The Hall–Kier alpha value is -2.96. The highest BCUT2D eigenvalue weighted by Gasteiger charge is 2.16. The Morgan fingerprint density at radius 2 is 1.78 bits per heavy atom. The first-order chi connectivity index (χ1) is 13.1. The molecule has 0 aliphatic heterocycles. The molecule has 0 saturated heterocycles. The number of aryl methyl sites for hydroxylation is 1. The Kier molecular flexibility index (Phi) is 6.35. The van der Waals surface area contributed by atoms with Gasteiger partial charge in [-0.3, -0.25) is 14.4 Å². The van der Waals surface area contributed by atoms with Gasteiger partial charge in [-0.2, -0.15) is 5.10 Å². The number of rotatable bonds is 6. The van der Waals surface area contributed by atoms with Crippen molar-refractivity contribution >= 4 is 17.5 Å². The lowest BCUT2D eigenvalue weighted by Crippen LogP contribution is -2.37. The maximum absolute atomic E-state index is 12.3. The van der Waals surface area contributed by atoms with Crippen LogP contribution in [0.15, 0.2) is 47.3 Å². The molecular weight excluding hydrogens is 344 g/mol. The van der Waals surface area contributed by atoms with Crippen molar-refractivity contribution in [2.75, 3.05) is 5.32 Å². The number of hydrogen-bond acceptors (Lipinski definition) is 4. The predicted octanol–water partition coefficient (Wildman–Crippen LogP) is 2.33. The fourth-order valence-electron chi connectivity index (χ4n) is 3.20. The highest BCUT2D eigenvalue weighted by atomic mass is 16.2. The molecule has 0 unspecified atom stereocenters. The lowest BCUT2D eigenvalue weighted by atomic mass is 9.95. The minimum absolute atomic E-state index is 0.0882. The van der Waals surface area contributed by atoms with Crippen LogP contribution in [-0.4, -0.2) is 27.6 Å². The number of amides is 2. The first-order valence-corrected chi connectivity index (χ1v) is 9.36. The van der Waals surface area contributed by atoms with Crippen LogP contribution in [0.1, 0.15) is 49.0 Å². The van der Waals surface area contributed by atoms with E-state index in [4.69, 9.17) is 0 Å². The first-order valence-electron chi connectivity index (χ1n) is 9.36. The van der Waals surface area contributed by atoms with Crippen molar-refractivity contribution in [1.29, 1.82) is 0 Å². The van der Waals surface area contributed by atoms with Gasteiger partial charge in [0.25, 0.3) is 11.5 Å². The van der Waals surface area contributed by atoms with E-state index in [-0.39, 0.29) is 36.2 Å². The average Bonchev–Trinajstić information content (AvgIpc) is 2.69. The van der Waals surface area contributed by atoms with Gasteiger partial charge in [0.05, 0.1) is 6.54 Å². The van der Waals surface area contributed by atoms with E-state index in [0.717, 1.165) is 25.7 Å². The van der Waals surface area contributed by atoms with Crippen LogP contribution in [0.3, 0.4) is 0 Å². The molecular formula is C20H24N4O3. The van der Waals surface area contributed by atoms with Crippen molar-refractivity contribution in [2.24, 2.45) is 0 Å². The molecule has 0 atom stereocenters. The summed E-state index contributed by atoms with van der Waals surface area (Å²) >= 11 is 0. The molecule has 0 bridgehead atoms. The number of anilines is 1.